The summed E-state index contributed by atoms with van der Waals surface area (Å²) in [7, 11) is 0. The minimum absolute atomic E-state index is 0.291. The molecular formula is C10H8N2. The van der Waals surface area contributed by atoms with Gasteiger partial charge in [0.15, 0.2) is 0 Å². The van der Waals surface area contributed by atoms with Crippen molar-refractivity contribution in [2.24, 2.45) is 5.92 Å². The molecule has 0 aromatic rings. The van der Waals surface area contributed by atoms with Crippen molar-refractivity contribution < 1.29 is 0 Å². The summed E-state index contributed by atoms with van der Waals surface area (Å²) in [5, 5.41) is 17.3. The Morgan fingerprint density at radius 1 is 1.08 bits per heavy atom. The van der Waals surface area contributed by atoms with Crippen LogP contribution in [0.15, 0.2) is 35.5 Å². The zero-order valence-corrected chi connectivity index (χ0v) is 6.78. The van der Waals surface area contributed by atoms with Crippen LogP contribution in [-0.2, 0) is 0 Å². The van der Waals surface area contributed by atoms with Gasteiger partial charge < -0.3 is 0 Å². The molecule has 0 atom stereocenters. The fourth-order valence-electron chi connectivity index (χ4n) is 0.935. The summed E-state index contributed by atoms with van der Waals surface area (Å²) < 4.78 is 0. The van der Waals surface area contributed by atoms with Crippen molar-refractivity contribution in [3.8, 4) is 12.1 Å². The maximum atomic E-state index is 8.66. The summed E-state index contributed by atoms with van der Waals surface area (Å²) in [6.07, 6.45) is 7.20. The molecule has 1 aliphatic carbocycles. The zero-order chi connectivity index (χ0) is 8.97. The number of nitrogens with zero attached hydrogens (tertiary/aromatic N) is 2. The van der Waals surface area contributed by atoms with Crippen molar-refractivity contribution in [2.75, 3.05) is 0 Å². The molecule has 0 saturated carbocycles. The van der Waals surface area contributed by atoms with Gasteiger partial charge in [0.25, 0.3) is 0 Å². The summed E-state index contributed by atoms with van der Waals surface area (Å²) in [5.74, 6) is 0.291. The van der Waals surface area contributed by atoms with E-state index in [1.165, 1.54) is 0 Å². The average molecular weight is 156 g/mol. The summed E-state index contributed by atoms with van der Waals surface area (Å²) in [5.41, 5.74) is 0.885. The van der Waals surface area contributed by atoms with Crippen LogP contribution in [0.1, 0.15) is 6.92 Å². The lowest BCUT2D eigenvalue weighted by Gasteiger charge is -1.91. The van der Waals surface area contributed by atoms with Gasteiger partial charge in [-0.25, -0.2) is 0 Å². The molecule has 0 radical (unpaired) electrons. The molecule has 58 valence electrons. The van der Waals surface area contributed by atoms with Gasteiger partial charge in [-0.1, -0.05) is 19.1 Å². The van der Waals surface area contributed by atoms with Crippen LogP contribution in [0, 0.1) is 28.6 Å². The lowest BCUT2D eigenvalue weighted by molar-refractivity contribution is 0.942. The Labute approximate surface area is 71.7 Å². The molecule has 0 bridgehead atoms. The third kappa shape index (κ3) is 1.62. The maximum absolute atomic E-state index is 8.66. The Morgan fingerprint density at radius 2 is 1.50 bits per heavy atom. The van der Waals surface area contributed by atoms with Crippen molar-refractivity contribution in [1.82, 2.24) is 0 Å². The predicted molar refractivity (Wildman–Crippen MR) is 45.7 cm³/mol. The molecule has 0 unspecified atom stereocenters. The second-order valence-electron chi connectivity index (χ2n) is 2.63. The molecule has 0 saturated heterocycles. The highest BCUT2D eigenvalue weighted by Gasteiger charge is 2.03. The van der Waals surface area contributed by atoms with Gasteiger partial charge in [-0.15, -0.1) is 0 Å². The third-order valence-electron chi connectivity index (χ3n) is 1.66. The van der Waals surface area contributed by atoms with E-state index >= 15 is 0 Å². The van der Waals surface area contributed by atoms with E-state index in [9.17, 15) is 0 Å². The van der Waals surface area contributed by atoms with Crippen LogP contribution in [0.4, 0.5) is 0 Å². The number of hydrogen-bond donors (Lipinski definition) is 0. The molecule has 2 nitrogen and oxygen atoms in total. The zero-order valence-electron chi connectivity index (χ0n) is 6.78. The summed E-state index contributed by atoms with van der Waals surface area (Å²) in [4.78, 5) is 0. The Hall–Kier alpha value is -1.80. The van der Waals surface area contributed by atoms with Gasteiger partial charge in [0, 0.05) is 0 Å². The maximum Gasteiger partial charge on any atom is 0.100 e. The molecule has 12 heavy (non-hydrogen) atoms. The smallest absolute Gasteiger partial charge is 0.100 e. The second kappa shape index (κ2) is 3.55. The van der Waals surface area contributed by atoms with Crippen molar-refractivity contribution >= 4 is 0 Å². The topological polar surface area (TPSA) is 47.6 Å². The van der Waals surface area contributed by atoms with Crippen molar-refractivity contribution in [3.05, 3.63) is 35.5 Å². The highest BCUT2D eigenvalue weighted by atomic mass is 14.3. The highest BCUT2D eigenvalue weighted by Crippen LogP contribution is 2.14. The molecule has 2 heteroatoms. The van der Waals surface area contributed by atoms with E-state index in [1.807, 2.05) is 31.2 Å². The summed E-state index contributed by atoms with van der Waals surface area (Å²) in [6.45, 7) is 2.00. The van der Waals surface area contributed by atoms with E-state index in [-0.39, 0.29) is 0 Å². The van der Waals surface area contributed by atoms with Gasteiger partial charge in [0.2, 0.25) is 0 Å². The molecule has 0 amide bonds. The first-order valence-electron chi connectivity index (χ1n) is 3.69. The van der Waals surface area contributed by atoms with Gasteiger partial charge in [0.1, 0.15) is 12.1 Å². The largest absolute Gasteiger partial charge is 0.192 e. The van der Waals surface area contributed by atoms with Gasteiger partial charge in [-0.3, -0.25) is 0 Å². The Morgan fingerprint density at radius 3 is 1.83 bits per heavy atom. The van der Waals surface area contributed by atoms with Crippen molar-refractivity contribution in [3.63, 3.8) is 0 Å². The van der Waals surface area contributed by atoms with E-state index in [1.54, 1.807) is 12.2 Å². The van der Waals surface area contributed by atoms with E-state index < -0.39 is 0 Å². The standard InChI is InChI=1S/C10H8N2/c1-8-2-4-9(6-11)10(7-12)5-3-8/h2-5,8H,1H3. The number of nitriles is 2. The molecular weight excluding hydrogens is 148 g/mol. The first-order chi connectivity index (χ1) is 5.77. The average Bonchev–Trinajstić information content (AvgIpc) is 2.27. The molecule has 0 aromatic carbocycles. The molecule has 0 N–H and O–H groups in total. The second-order valence-corrected chi connectivity index (χ2v) is 2.63. The van der Waals surface area contributed by atoms with Gasteiger partial charge in [-0.2, -0.15) is 10.5 Å². The molecule has 1 aliphatic rings. The Balaban J connectivity index is 3.14. The van der Waals surface area contributed by atoms with E-state index in [4.69, 9.17) is 10.5 Å². The Kier molecular flexibility index (Phi) is 2.46. The summed E-state index contributed by atoms with van der Waals surface area (Å²) in [6, 6.07) is 3.97. The number of rotatable bonds is 0. The van der Waals surface area contributed by atoms with E-state index in [0.717, 1.165) is 0 Å². The lowest BCUT2D eigenvalue weighted by atomic mass is 10.1. The fraction of sp³-hybridized carbons (Fsp3) is 0.200. The quantitative estimate of drug-likeness (QED) is 0.539. The normalized spacial score (nSPS) is 16.9. The van der Waals surface area contributed by atoms with Crippen LogP contribution in [0.2, 0.25) is 0 Å². The monoisotopic (exact) mass is 156 g/mol. The summed E-state index contributed by atoms with van der Waals surface area (Å²) >= 11 is 0. The van der Waals surface area contributed by atoms with Gasteiger partial charge >= 0.3 is 0 Å². The van der Waals surface area contributed by atoms with Crippen LogP contribution in [-0.4, -0.2) is 0 Å². The molecule has 0 aromatic heterocycles. The number of hydrogen-bond acceptors (Lipinski definition) is 2. The molecule has 0 heterocycles. The molecule has 1 rings (SSSR count). The third-order valence-corrected chi connectivity index (χ3v) is 1.66. The van der Waals surface area contributed by atoms with Crippen LogP contribution >= 0.6 is 0 Å². The first kappa shape index (κ1) is 8.30. The number of allylic oxidation sites excluding steroid dienone is 6. The van der Waals surface area contributed by atoms with Crippen LogP contribution in [0.25, 0.3) is 0 Å². The SMILES string of the molecule is CC1C=CC(C#N)=C(C#N)C=C1. The van der Waals surface area contributed by atoms with Crippen LogP contribution < -0.4 is 0 Å². The minimum Gasteiger partial charge on any atom is -0.192 e. The first-order valence-corrected chi connectivity index (χ1v) is 3.69. The molecule has 0 aliphatic heterocycles. The lowest BCUT2D eigenvalue weighted by Crippen LogP contribution is -1.78. The van der Waals surface area contributed by atoms with E-state index in [0.29, 0.717) is 17.1 Å². The van der Waals surface area contributed by atoms with Crippen molar-refractivity contribution in [1.29, 1.82) is 10.5 Å². The molecule has 0 fully saturated rings. The highest BCUT2D eigenvalue weighted by molar-refractivity contribution is 5.51. The minimum atomic E-state index is 0.291. The van der Waals surface area contributed by atoms with Gasteiger partial charge in [0.05, 0.1) is 11.1 Å². The van der Waals surface area contributed by atoms with Crippen LogP contribution in [0.5, 0.6) is 0 Å². The fourth-order valence-corrected chi connectivity index (χ4v) is 0.935. The molecule has 0 spiro atoms. The van der Waals surface area contributed by atoms with Crippen LogP contribution in [0.3, 0.4) is 0 Å². The van der Waals surface area contributed by atoms with Crippen molar-refractivity contribution in [2.45, 2.75) is 6.92 Å². The Bertz CT molecular complexity index is 311. The van der Waals surface area contributed by atoms with Gasteiger partial charge in [-0.05, 0) is 18.1 Å². The van der Waals surface area contributed by atoms with E-state index in [2.05, 4.69) is 0 Å². The predicted octanol–water partition coefficient (Wildman–Crippen LogP) is 2.09.